The van der Waals surface area contributed by atoms with E-state index in [1.807, 2.05) is 22.6 Å². The third kappa shape index (κ3) is 3.34. The molecule has 0 spiro atoms. The molecule has 0 aromatic carbocycles. The Morgan fingerprint density at radius 2 is 2.31 bits per heavy atom. The fourth-order valence-corrected chi connectivity index (χ4v) is 1.84. The average molecular weight is 406 g/mol. The van der Waals surface area contributed by atoms with Crippen molar-refractivity contribution in [3.63, 3.8) is 0 Å². The zero-order valence-corrected chi connectivity index (χ0v) is 11.9. The maximum Gasteiger partial charge on any atom is 0.311 e. The van der Waals surface area contributed by atoms with Crippen LogP contribution in [0.2, 0.25) is 0 Å². The molecule has 0 atom stereocenters. The first-order valence-electron chi connectivity index (χ1n) is 4.15. The number of pyridine rings is 1. The molecule has 1 rings (SSSR count). The van der Waals surface area contributed by atoms with E-state index in [-0.39, 0.29) is 17.7 Å². The Morgan fingerprint density at radius 1 is 1.69 bits per heavy atom. The smallest absolute Gasteiger partial charge is 0.311 e. The second-order valence-corrected chi connectivity index (χ2v) is 4.73. The van der Waals surface area contributed by atoms with Crippen LogP contribution in [0.25, 0.3) is 0 Å². The average Bonchev–Trinajstić information content (AvgIpc) is 2.22. The maximum absolute atomic E-state index is 12.7. The van der Waals surface area contributed by atoms with Gasteiger partial charge in [0.05, 0.1) is 19.2 Å². The lowest BCUT2D eigenvalue weighted by atomic mass is 10.1. The van der Waals surface area contributed by atoms with Crippen LogP contribution in [-0.2, 0) is 16.0 Å². The number of alkyl halides is 2. The fourth-order valence-electron chi connectivity index (χ4n) is 1.06. The van der Waals surface area contributed by atoms with Gasteiger partial charge >= 0.3 is 5.97 Å². The van der Waals surface area contributed by atoms with Crippen molar-refractivity contribution in [2.75, 3.05) is 7.11 Å². The number of rotatable bonds is 3. The highest BCUT2D eigenvalue weighted by atomic mass is 127. The molecule has 16 heavy (non-hydrogen) atoms. The fraction of sp³-hybridized carbons (Fsp3) is 0.333. The normalized spacial score (nSPS) is 10.6. The number of hydrogen-bond donors (Lipinski definition) is 0. The summed E-state index contributed by atoms with van der Waals surface area (Å²) >= 11 is 5.01. The Bertz CT molecular complexity index is 415. The van der Waals surface area contributed by atoms with Crippen LogP contribution in [0.3, 0.4) is 0 Å². The molecule has 0 N–H and O–H groups in total. The Hall–Kier alpha value is -0.310. The molecule has 7 heteroatoms. The highest BCUT2D eigenvalue weighted by molar-refractivity contribution is 14.1. The molecule has 0 saturated heterocycles. The molecule has 1 aromatic heterocycles. The van der Waals surface area contributed by atoms with Crippen LogP contribution in [0.1, 0.15) is 17.7 Å². The van der Waals surface area contributed by atoms with Crippen LogP contribution in [-0.4, -0.2) is 18.1 Å². The lowest BCUT2D eigenvalue weighted by Crippen LogP contribution is -2.10. The maximum atomic E-state index is 12.7. The number of carbonyl (C=O) groups excluding carboxylic acids is 1. The molecular weight excluding hydrogens is 399 g/mol. The van der Waals surface area contributed by atoms with E-state index in [2.05, 4.69) is 25.7 Å². The summed E-state index contributed by atoms with van der Waals surface area (Å²) in [5.74, 6) is -0.590. The standard InChI is InChI=1S/C9H7BrF2INO2/c1-16-7(15)3-6-4(8(11)12)2-5(10)9(13)14-6/h2,8H,3H2,1H3. The van der Waals surface area contributed by atoms with Crippen LogP contribution in [0.15, 0.2) is 10.5 Å². The largest absolute Gasteiger partial charge is 0.469 e. The van der Waals surface area contributed by atoms with Gasteiger partial charge in [-0.3, -0.25) is 4.79 Å². The van der Waals surface area contributed by atoms with Gasteiger partial charge in [0.25, 0.3) is 6.43 Å². The monoisotopic (exact) mass is 405 g/mol. The van der Waals surface area contributed by atoms with E-state index in [1.54, 1.807) is 0 Å². The number of halogens is 4. The van der Waals surface area contributed by atoms with Crippen molar-refractivity contribution in [2.24, 2.45) is 0 Å². The molecule has 0 aliphatic heterocycles. The van der Waals surface area contributed by atoms with Crippen molar-refractivity contribution >= 4 is 44.5 Å². The number of hydrogen-bond acceptors (Lipinski definition) is 3. The van der Waals surface area contributed by atoms with Crippen molar-refractivity contribution in [2.45, 2.75) is 12.8 Å². The van der Waals surface area contributed by atoms with E-state index in [1.165, 1.54) is 13.2 Å². The van der Waals surface area contributed by atoms with Gasteiger partial charge in [0, 0.05) is 10.0 Å². The minimum atomic E-state index is -2.67. The molecule has 0 radical (unpaired) electrons. The van der Waals surface area contributed by atoms with E-state index >= 15 is 0 Å². The third-order valence-electron chi connectivity index (χ3n) is 1.82. The quantitative estimate of drug-likeness (QED) is 0.440. The molecule has 3 nitrogen and oxygen atoms in total. The summed E-state index contributed by atoms with van der Waals surface area (Å²) in [4.78, 5) is 15.0. The van der Waals surface area contributed by atoms with Crippen molar-refractivity contribution in [3.05, 3.63) is 25.5 Å². The van der Waals surface area contributed by atoms with Crippen LogP contribution < -0.4 is 0 Å². The van der Waals surface area contributed by atoms with Gasteiger partial charge in [0.2, 0.25) is 0 Å². The van der Waals surface area contributed by atoms with E-state index in [9.17, 15) is 13.6 Å². The minimum absolute atomic E-state index is 0.0504. The van der Waals surface area contributed by atoms with Crippen LogP contribution in [0.4, 0.5) is 8.78 Å². The molecule has 1 aromatic rings. The zero-order chi connectivity index (χ0) is 12.3. The van der Waals surface area contributed by atoms with Crippen molar-refractivity contribution in [3.8, 4) is 0 Å². The summed E-state index contributed by atoms with van der Waals surface area (Å²) in [5, 5.41) is 0. The van der Waals surface area contributed by atoms with Gasteiger partial charge in [-0.1, -0.05) is 0 Å². The van der Waals surface area contributed by atoms with E-state index < -0.39 is 12.4 Å². The molecule has 0 amide bonds. The van der Waals surface area contributed by atoms with Crippen LogP contribution in [0, 0.1) is 3.70 Å². The summed E-state index contributed by atoms with van der Waals surface area (Å²) in [5.41, 5.74) is -0.202. The highest BCUT2D eigenvalue weighted by Crippen LogP contribution is 2.28. The van der Waals surface area contributed by atoms with E-state index in [0.29, 0.717) is 8.17 Å². The predicted molar refractivity (Wildman–Crippen MR) is 65.3 cm³/mol. The van der Waals surface area contributed by atoms with Gasteiger partial charge in [-0.2, -0.15) is 0 Å². The second-order valence-electron chi connectivity index (χ2n) is 2.85. The number of nitrogens with zero attached hydrogens (tertiary/aromatic N) is 1. The number of esters is 1. The Labute approximate surface area is 113 Å². The highest BCUT2D eigenvalue weighted by Gasteiger charge is 2.19. The Morgan fingerprint density at radius 3 is 2.81 bits per heavy atom. The molecule has 1 heterocycles. The first kappa shape index (κ1) is 13.8. The summed E-state index contributed by atoms with van der Waals surface area (Å²) in [6, 6.07) is 1.28. The van der Waals surface area contributed by atoms with E-state index in [0.717, 1.165) is 0 Å². The third-order valence-corrected chi connectivity index (χ3v) is 3.99. The number of ether oxygens (including phenoxy) is 1. The lowest BCUT2D eigenvalue weighted by Gasteiger charge is -2.08. The summed E-state index contributed by atoms with van der Waals surface area (Å²) in [7, 11) is 1.20. The first-order chi connectivity index (χ1) is 7.45. The van der Waals surface area contributed by atoms with Crippen molar-refractivity contribution < 1.29 is 18.3 Å². The Kier molecular flexibility index (Phi) is 5.03. The van der Waals surface area contributed by atoms with Gasteiger partial charge < -0.3 is 4.74 Å². The summed E-state index contributed by atoms with van der Waals surface area (Å²) < 4.78 is 30.8. The first-order valence-corrected chi connectivity index (χ1v) is 6.02. The number of methoxy groups -OCH3 is 1. The molecule has 0 bridgehead atoms. The van der Waals surface area contributed by atoms with Gasteiger partial charge in [-0.25, -0.2) is 13.8 Å². The summed E-state index contributed by atoms with van der Waals surface area (Å²) in [6.45, 7) is 0. The van der Waals surface area contributed by atoms with E-state index in [4.69, 9.17) is 0 Å². The molecule has 0 unspecified atom stereocenters. The molecular formula is C9H7BrF2INO2. The number of carbonyl (C=O) groups is 1. The lowest BCUT2D eigenvalue weighted by molar-refractivity contribution is -0.139. The topological polar surface area (TPSA) is 39.2 Å². The molecule has 0 fully saturated rings. The number of aromatic nitrogens is 1. The predicted octanol–water partition coefficient (Wildman–Crippen LogP) is 3.10. The SMILES string of the molecule is COC(=O)Cc1nc(I)c(Br)cc1C(F)F. The molecule has 0 saturated carbocycles. The van der Waals surface area contributed by atoms with Gasteiger partial charge in [0.1, 0.15) is 3.70 Å². The molecule has 0 aliphatic rings. The van der Waals surface area contributed by atoms with Crippen molar-refractivity contribution in [1.29, 1.82) is 0 Å². The summed E-state index contributed by atoms with van der Waals surface area (Å²) in [6.07, 6.45) is -2.92. The van der Waals surface area contributed by atoms with Gasteiger partial charge in [-0.05, 0) is 44.6 Å². The molecule has 88 valence electrons. The van der Waals surface area contributed by atoms with Crippen molar-refractivity contribution in [1.82, 2.24) is 4.98 Å². The van der Waals surface area contributed by atoms with Gasteiger partial charge in [-0.15, -0.1) is 0 Å². The molecule has 0 aliphatic carbocycles. The zero-order valence-electron chi connectivity index (χ0n) is 8.14. The second kappa shape index (κ2) is 5.85. The minimum Gasteiger partial charge on any atom is -0.469 e. The van der Waals surface area contributed by atoms with Crippen LogP contribution in [0.5, 0.6) is 0 Å². The van der Waals surface area contributed by atoms with Gasteiger partial charge in [0.15, 0.2) is 0 Å². The Balaban J connectivity index is 3.14. The van der Waals surface area contributed by atoms with Crippen LogP contribution >= 0.6 is 38.5 Å².